The Morgan fingerprint density at radius 3 is 2.52 bits per heavy atom. The number of carboxylic acid groups (broad SMARTS) is 1. The monoisotopic (exact) mass is 334 g/mol. The lowest BCUT2D eigenvalue weighted by molar-refractivity contribution is -0.254. The zero-order valence-corrected chi connectivity index (χ0v) is 13.5. The number of sulfonamides is 1. The molecular weight excluding hydrogens is 318 g/mol. The molecule has 0 unspecified atom stereocenters. The molecule has 2 aromatic rings. The van der Waals surface area contributed by atoms with E-state index in [1.54, 1.807) is 12.1 Å². The van der Waals surface area contributed by atoms with Crippen LogP contribution in [0.1, 0.15) is 22.8 Å². The number of benzene rings is 2. The fourth-order valence-electron chi connectivity index (χ4n) is 2.10. The van der Waals surface area contributed by atoms with Crippen LogP contribution in [0, 0.1) is 0 Å². The van der Waals surface area contributed by atoms with Crippen molar-refractivity contribution in [2.24, 2.45) is 0 Å². The van der Waals surface area contributed by atoms with Crippen molar-refractivity contribution in [2.45, 2.75) is 18.2 Å². The van der Waals surface area contributed by atoms with E-state index < -0.39 is 16.0 Å². The lowest BCUT2D eigenvalue weighted by Crippen LogP contribution is -2.25. The molecule has 2 rings (SSSR count). The van der Waals surface area contributed by atoms with Crippen LogP contribution < -0.4 is 14.6 Å². The molecule has 2 aromatic carbocycles. The van der Waals surface area contributed by atoms with Crippen LogP contribution in [0.2, 0.25) is 0 Å². The van der Waals surface area contributed by atoms with Gasteiger partial charge in [-0.3, -0.25) is 4.72 Å². The third kappa shape index (κ3) is 3.62. The second-order valence-corrected chi connectivity index (χ2v) is 6.43. The highest BCUT2D eigenvalue weighted by Crippen LogP contribution is 2.28. The zero-order valence-electron chi connectivity index (χ0n) is 12.7. The van der Waals surface area contributed by atoms with Crippen molar-refractivity contribution in [3.8, 4) is 5.75 Å². The Morgan fingerprint density at radius 2 is 1.91 bits per heavy atom. The number of hydrogen-bond donors (Lipinski definition) is 1. The predicted molar refractivity (Wildman–Crippen MR) is 84.0 cm³/mol. The molecule has 0 radical (unpaired) electrons. The van der Waals surface area contributed by atoms with Crippen LogP contribution in [0.15, 0.2) is 47.4 Å². The number of rotatable bonds is 6. The predicted octanol–water partition coefficient (Wildman–Crippen LogP) is 1.42. The van der Waals surface area contributed by atoms with Gasteiger partial charge in [0.25, 0.3) is 10.0 Å². The van der Waals surface area contributed by atoms with Crippen molar-refractivity contribution < 1.29 is 23.1 Å². The standard InChI is InChI=1S/C16H17NO5S/c1-3-11-8-9-14(22-2)15(10-11)23(20,21)17-13-7-5-4-6-12(13)16(18)19/h4-10,17H,3H2,1-2H3,(H,18,19)/p-1. The quantitative estimate of drug-likeness (QED) is 0.862. The number of aryl methyl sites for hydroxylation is 1. The van der Waals surface area contributed by atoms with Gasteiger partial charge in [-0.05, 0) is 30.2 Å². The summed E-state index contributed by atoms with van der Waals surface area (Å²) in [6, 6.07) is 10.5. The first-order valence-electron chi connectivity index (χ1n) is 6.89. The number of anilines is 1. The number of ether oxygens (including phenoxy) is 1. The molecular formula is C16H16NO5S-. The molecule has 0 fully saturated rings. The number of aromatic carboxylic acids is 1. The van der Waals surface area contributed by atoms with E-state index in [0.29, 0.717) is 6.42 Å². The maximum atomic E-state index is 12.6. The van der Waals surface area contributed by atoms with Gasteiger partial charge >= 0.3 is 0 Å². The van der Waals surface area contributed by atoms with E-state index in [4.69, 9.17) is 4.74 Å². The van der Waals surface area contributed by atoms with Gasteiger partial charge in [0, 0.05) is 5.56 Å². The van der Waals surface area contributed by atoms with Crippen molar-refractivity contribution in [1.29, 1.82) is 0 Å². The first-order valence-corrected chi connectivity index (χ1v) is 8.37. The van der Waals surface area contributed by atoms with Gasteiger partial charge in [0.1, 0.15) is 10.6 Å². The Hall–Kier alpha value is -2.54. The Balaban J connectivity index is 2.50. The van der Waals surface area contributed by atoms with E-state index in [9.17, 15) is 18.3 Å². The molecule has 0 saturated carbocycles. The molecule has 0 saturated heterocycles. The van der Waals surface area contributed by atoms with Crippen molar-refractivity contribution in [1.82, 2.24) is 0 Å². The van der Waals surface area contributed by atoms with E-state index in [0.717, 1.165) is 5.56 Å². The third-order valence-electron chi connectivity index (χ3n) is 3.32. The largest absolute Gasteiger partial charge is 0.545 e. The van der Waals surface area contributed by atoms with Crippen molar-refractivity contribution in [2.75, 3.05) is 11.8 Å². The minimum absolute atomic E-state index is 0.0486. The molecule has 0 aliphatic heterocycles. The average Bonchev–Trinajstić information content (AvgIpc) is 2.54. The highest BCUT2D eigenvalue weighted by atomic mass is 32.2. The third-order valence-corrected chi connectivity index (χ3v) is 4.70. The van der Waals surface area contributed by atoms with E-state index in [1.165, 1.54) is 37.4 Å². The molecule has 0 aliphatic rings. The summed E-state index contributed by atoms with van der Waals surface area (Å²) in [5.41, 5.74) is 0.525. The molecule has 0 heterocycles. The van der Waals surface area contributed by atoms with Crippen molar-refractivity contribution in [3.05, 3.63) is 53.6 Å². The summed E-state index contributed by atoms with van der Waals surface area (Å²) in [7, 11) is -2.64. The number of carbonyl (C=O) groups is 1. The first-order chi connectivity index (χ1) is 10.9. The summed E-state index contributed by atoms with van der Waals surface area (Å²) in [5.74, 6) is -1.28. The molecule has 0 aromatic heterocycles. The van der Waals surface area contributed by atoms with E-state index in [2.05, 4.69) is 4.72 Å². The molecule has 0 amide bonds. The molecule has 23 heavy (non-hydrogen) atoms. The smallest absolute Gasteiger partial charge is 0.265 e. The van der Waals surface area contributed by atoms with Crippen LogP contribution in [-0.4, -0.2) is 21.5 Å². The normalized spacial score (nSPS) is 11.0. The summed E-state index contributed by atoms with van der Waals surface area (Å²) >= 11 is 0. The summed E-state index contributed by atoms with van der Waals surface area (Å²) in [4.78, 5) is 11.0. The van der Waals surface area contributed by atoms with Crippen LogP contribution >= 0.6 is 0 Å². The van der Waals surface area contributed by atoms with Gasteiger partial charge in [0.15, 0.2) is 0 Å². The number of methoxy groups -OCH3 is 1. The molecule has 7 heteroatoms. The molecule has 1 N–H and O–H groups in total. The molecule has 6 nitrogen and oxygen atoms in total. The first kappa shape index (κ1) is 16.8. The van der Waals surface area contributed by atoms with E-state index >= 15 is 0 Å². The fourth-order valence-corrected chi connectivity index (χ4v) is 3.40. The Kier molecular flexibility index (Phi) is 4.90. The summed E-state index contributed by atoms with van der Waals surface area (Å²) in [6.07, 6.45) is 0.655. The number of carboxylic acids is 1. The Morgan fingerprint density at radius 1 is 1.22 bits per heavy atom. The second-order valence-electron chi connectivity index (χ2n) is 4.78. The van der Waals surface area contributed by atoms with Gasteiger partial charge in [-0.2, -0.15) is 0 Å². The highest BCUT2D eigenvalue weighted by molar-refractivity contribution is 7.92. The summed E-state index contributed by atoms with van der Waals surface area (Å²) in [5, 5.41) is 11.1. The minimum Gasteiger partial charge on any atom is -0.545 e. The summed E-state index contributed by atoms with van der Waals surface area (Å²) in [6.45, 7) is 1.90. The van der Waals surface area contributed by atoms with Crippen LogP contribution in [-0.2, 0) is 16.4 Å². The van der Waals surface area contributed by atoms with Crippen LogP contribution in [0.25, 0.3) is 0 Å². The zero-order chi connectivity index (χ0) is 17.0. The fraction of sp³-hybridized carbons (Fsp3) is 0.188. The maximum Gasteiger partial charge on any atom is 0.265 e. The molecule has 0 spiro atoms. The summed E-state index contributed by atoms with van der Waals surface area (Å²) < 4.78 is 32.6. The van der Waals surface area contributed by atoms with Gasteiger partial charge in [-0.25, -0.2) is 8.42 Å². The van der Waals surface area contributed by atoms with Gasteiger partial charge < -0.3 is 14.6 Å². The average molecular weight is 334 g/mol. The Bertz CT molecular complexity index is 830. The Labute approximate surface area is 134 Å². The molecule has 0 bridgehead atoms. The highest BCUT2D eigenvalue weighted by Gasteiger charge is 2.21. The lowest BCUT2D eigenvalue weighted by atomic mass is 10.2. The molecule has 122 valence electrons. The number of nitrogens with one attached hydrogen (secondary N) is 1. The van der Waals surface area contributed by atoms with Crippen LogP contribution in [0.3, 0.4) is 0 Å². The maximum absolute atomic E-state index is 12.6. The molecule has 0 aliphatic carbocycles. The lowest BCUT2D eigenvalue weighted by Gasteiger charge is -2.15. The number of carbonyl (C=O) groups excluding carboxylic acids is 1. The van der Waals surface area contributed by atoms with Gasteiger partial charge in [-0.1, -0.05) is 31.2 Å². The van der Waals surface area contributed by atoms with Gasteiger partial charge in [0.2, 0.25) is 0 Å². The number of para-hydroxylation sites is 1. The van der Waals surface area contributed by atoms with E-state index in [1.807, 2.05) is 6.92 Å². The second kappa shape index (κ2) is 6.70. The minimum atomic E-state index is -4.01. The van der Waals surface area contributed by atoms with Gasteiger partial charge in [0.05, 0.1) is 18.8 Å². The van der Waals surface area contributed by atoms with Crippen LogP contribution in [0.5, 0.6) is 5.75 Å². The molecule has 0 atom stereocenters. The topological polar surface area (TPSA) is 95.5 Å². The van der Waals surface area contributed by atoms with Crippen molar-refractivity contribution >= 4 is 21.7 Å². The van der Waals surface area contributed by atoms with Crippen molar-refractivity contribution in [3.63, 3.8) is 0 Å². The van der Waals surface area contributed by atoms with Gasteiger partial charge in [-0.15, -0.1) is 0 Å². The SMILES string of the molecule is CCc1ccc(OC)c(S(=O)(=O)Nc2ccccc2C(=O)[O-])c1. The van der Waals surface area contributed by atoms with Crippen LogP contribution in [0.4, 0.5) is 5.69 Å². The van der Waals surface area contributed by atoms with E-state index in [-0.39, 0.29) is 21.9 Å². The number of hydrogen-bond acceptors (Lipinski definition) is 5.